The first-order chi connectivity index (χ1) is 5.62. The van der Waals surface area contributed by atoms with Crippen LogP contribution in [0, 0.1) is 10.7 Å². The maximum Gasteiger partial charge on any atom is 0.195 e. The molecular formula is C8H13N3S. The third-order valence-corrected chi connectivity index (χ3v) is 3.04. The predicted molar refractivity (Wildman–Crippen MR) is 49.5 cm³/mol. The molecule has 66 valence electrons. The fourth-order valence-electron chi connectivity index (χ4n) is 1.65. The van der Waals surface area contributed by atoms with Crippen LogP contribution in [0.3, 0.4) is 0 Å². The van der Waals surface area contributed by atoms with Crippen LogP contribution in [-0.4, -0.2) is 14.8 Å². The van der Waals surface area contributed by atoms with E-state index in [4.69, 9.17) is 12.2 Å². The smallest absolute Gasteiger partial charge is 0.195 e. The van der Waals surface area contributed by atoms with Gasteiger partial charge in [0.1, 0.15) is 6.33 Å². The second kappa shape index (κ2) is 2.42. The molecule has 1 heterocycles. The predicted octanol–water partition coefficient (Wildman–Crippen LogP) is 2.09. The highest BCUT2D eigenvalue weighted by Gasteiger charge is 2.39. The zero-order chi connectivity index (χ0) is 8.77. The van der Waals surface area contributed by atoms with Gasteiger partial charge in [0.2, 0.25) is 0 Å². The van der Waals surface area contributed by atoms with Gasteiger partial charge in [0.15, 0.2) is 4.77 Å². The quantitative estimate of drug-likeness (QED) is 0.712. The molecule has 0 aliphatic heterocycles. The SMILES string of the molecule is CC(C)(C1CC1)n1cn[nH]c1=S. The van der Waals surface area contributed by atoms with Crippen LogP contribution in [0.4, 0.5) is 0 Å². The average Bonchev–Trinajstić information content (AvgIpc) is 2.75. The Morgan fingerprint density at radius 1 is 1.67 bits per heavy atom. The highest BCUT2D eigenvalue weighted by Crippen LogP contribution is 2.43. The van der Waals surface area contributed by atoms with E-state index in [0.29, 0.717) is 0 Å². The van der Waals surface area contributed by atoms with E-state index in [1.165, 1.54) is 12.8 Å². The lowest BCUT2D eigenvalue weighted by Crippen LogP contribution is -2.28. The maximum atomic E-state index is 5.13. The third-order valence-electron chi connectivity index (χ3n) is 2.75. The largest absolute Gasteiger partial charge is 0.301 e. The molecule has 1 aliphatic rings. The molecule has 12 heavy (non-hydrogen) atoms. The molecule has 1 aromatic rings. The first kappa shape index (κ1) is 7.98. The Labute approximate surface area is 76.8 Å². The summed E-state index contributed by atoms with van der Waals surface area (Å²) in [6.45, 7) is 4.44. The number of rotatable bonds is 2. The van der Waals surface area contributed by atoms with Crippen LogP contribution in [0.5, 0.6) is 0 Å². The van der Waals surface area contributed by atoms with Crippen molar-refractivity contribution in [3.63, 3.8) is 0 Å². The topological polar surface area (TPSA) is 33.6 Å². The fraction of sp³-hybridized carbons (Fsp3) is 0.750. The molecule has 2 rings (SSSR count). The monoisotopic (exact) mass is 183 g/mol. The fourth-order valence-corrected chi connectivity index (χ4v) is 1.98. The molecule has 0 aromatic carbocycles. The molecule has 0 unspecified atom stereocenters. The van der Waals surface area contributed by atoms with Gasteiger partial charge in [-0.05, 0) is 44.8 Å². The van der Waals surface area contributed by atoms with Gasteiger partial charge in [-0.15, -0.1) is 0 Å². The zero-order valence-corrected chi connectivity index (χ0v) is 8.19. The molecule has 0 amide bonds. The number of hydrogen-bond donors (Lipinski definition) is 1. The Kier molecular flexibility index (Phi) is 1.61. The molecule has 0 radical (unpaired) electrons. The van der Waals surface area contributed by atoms with Gasteiger partial charge in [0, 0.05) is 5.54 Å². The van der Waals surface area contributed by atoms with Crippen molar-refractivity contribution in [3.8, 4) is 0 Å². The van der Waals surface area contributed by atoms with Gasteiger partial charge in [-0.2, -0.15) is 5.10 Å². The standard InChI is InChI=1S/C8H13N3S/c1-8(2,6-3-4-6)11-5-9-10-7(11)12/h5-6H,3-4H2,1-2H3,(H,10,12). The molecule has 0 atom stereocenters. The van der Waals surface area contributed by atoms with Gasteiger partial charge in [-0.1, -0.05) is 0 Å². The molecule has 3 nitrogen and oxygen atoms in total. The minimum atomic E-state index is 0.143. The van der Waals surface area contributed by atoms with Gasteiger partial charge in [-0.3, -0.25) is 5.10 Å². The van der Waals surface area contributed by atoms with Crippen molar-refractivity contribution in [2.45, 2.75) is 32.2 Å². The molecule has 0 saturated heterocycles. The summed E-state index contributed by atoms with van der Waals surface area (Å²) in [5.41, 5.74) is 0.143. The Bertz CT molecular complexity index is 332. The number of aromatic amines is 1. The highest BCUT2D eigenvalue weighted by atomic mass is 32.1. The summed E-state index contributed by atoms with van der Waals surface area (Å²) in [6, 6.07) is 0. The highest BCUT2D eigenvalue weighted by molar-refractivity contribution is 7.71. The first-order valence-corrected chi connectivity index (χ1v) is 4.65. The summed E-state index contributed by atoms with van der Waals surface area (Å²) in [7, 11) is 0. The second-order valence-electron chi connectivity index (χ2n) is 3.96. The lowest BCUT2D eigenvalue weighted by Gasteiger charge is -2.25. The van der Waals surface area contributed by atoms with Crippen molar-refractivity contribution in [3.05, 3.63) is 11.1 Å². The lowest BCUT2D eigenvalue weighted by molar-refractivity contribution is 0.300. The first-order valence-electron chi connectivity index (χ1n) is 4.25. The molecule has 1 saturated carbocycles. The van der Waals surface area contributed by atoms with E-state index < -0.39 is 0 Å². The van der Waals surface area contributed by atoms with Crippen molar-refractivity contribution in [1.82, 2.24) is 14.8 Å². The minimum absolute atomic E-state index is 0.143. The second-order valence-corrected chi connectivity index (χ2v) is 4.35. The summed E-state index contributed by atoms with van der Waals surface area (Å²) in [6.07, 6.45) is 4.43. The summed E-state index contributed by atoms with van der Waals surface area (Å²) in [5, 5.41) is 6.72. The van der Waals surface area contributed by atoms with Gasteiger partial charge >= 0.3 is 0 Å². The van der Waals surface area contributed by atoms with Crippen molar-refractivity contribution in [2.75, 3.05) is 0 Å². The number of hydrogen-bond acceptors (Lipinski definition) is 2. The zero-order valence-electron chi connectivity index (χ0n) is 7.37. The van der Waals surface area contributed by atoms with Crippen molar-refractivity contribution < 1.29 is 0 Å². The van der Waals surface area contributed by atoms with Crippen LogP contribution in [0.25, 0.3) is 0 Å². The van der Waals surface area contributed by atoms with Crippen LogP contribution >= 0.6 is 12.2 Å². The summed E-state index contributed by atoms with van der Waals surface area (Å²) < 4.78 is 2.78. The Morgan fingerprint density at radius 2 is 2.33 bits per heavy atom. The van der Waals surface area contributed by atoms with Gasteiger partial charge in [0.05, 0.1) is 0 Å². The van der Waals surface area contributed by atoms with Gasteiger partial charge in [-0.25, -0.2) is 0 Å². The van der Waals surface area contributed by atoms with Crippen LogP contribution in [-0.2, 0) is 5.54 Å². The Morgan fingerprint density at radius 3 is 2.75 bits per heavy atom. The van der Waals surface area contributed by atoms with E-state index in [-0.39, 0.29) is 5.54 Å². The molecule has 0 spiro atoms. The number of nitrogens with one attached hydrogen (secondary N) is 1. The molecule has 1 aliphatic carbocycles. The molecule has 0 bridgehead atoms. The van der Waals surface area contributed by atoms with Crippen molar-refractivity contribution in [2.24, 2.45) is 5.92 Å². The number of nitrogens with zero attached hydrogens (tertiary/aromatic N) is 2. The number of aromatic nitrogens is 3. The van der Waals surface area contributed by atoms with E-state index in [9.17, 15) is 0 Å². The number of H-pyrrole nitrogens is 1. The van der Waals surface area contributed by atoms with E-state index in [2.05, 4.69) is 28.6 Å². The summed E-state index contributed by atoms with van der Waals surface area (Å²) >= 11 is 5.13. The van der Waals surface area contributed by atoms with Crippen molar-refractivity contribution in [1.29, 1.82) is 0 Å². The normalized spacial score (nSPS) is 18.2. The van der Waals surface area contributed by atoms with Crippen LogP contribution < -0.4 is 0 Å². The summed E-state index contributed by atoms with van der Waals surface area (Å²) in [4.78, 5) is 0. The lowest BCUT2D eigenvalue weighted by atomic mass is 9.99. The molecule has 1 aromatic heterocycles. The van der Waals surface area contributed by atoms with Gasteiger partial charge < -0.3 is 4.57 Å². The molecule has 1 fully saturated rings. The summed E-state index contributed by atoms with van der Waals surface area (Å²) in [5.74, 6) is 0.779. The molecule has 1 N–H and O–H groups in total. The van der Waals surface area contributed by atoms with E-state index in [1.807, 2.05) is 0 Å². The van der Waals surface area contributed by atoms with Crippen molar-refractivity contribution >= 4 is 12.2 Å². The van der Waals surface area contributed by atoms with E-state index in [1.54, 1.807) is 6.33 Å². The van der Waals surface area contributed by atoms with Crippen LogP contribution in [0.2, 0.25) is 0 Å². The van der Waals surface area contributed by atoms with E-state index >= 15 is 0 Å². The maximum absolute atomic E-state index is 5.13. The van der Waals surface area contributed by atoms with E-state index in [0.717, 1.165) is 10.7 Å². The third kappa shape index (κ3) is 1.10. The molecular weight excluding hydrogens is 170 g/mol. The van der Waals surface area contributed by atoms with Crippen LogP contribution in [0.1, 0.15) is 26.7 Å². The Balaban J connectivity index is 2.40. The molecule has 4 heteroatoms. The van der Waals surface area contributed by atoms with Crippen LogP contribution in [0.15, 0.2) is 6.33 Å². The van der Waals surface area contributed by atoms with Gasteiger partial charge in [0.25, 0.3) is 0 Å². The minimum Gasteiger partial charge on any atom is -0.301 e. The Hall–Kier alpha value is -0.640. The average molecular weight is 183 g/mol.